The molecule has 4 unspecified atom stereocenters. The van der Waals surface area contributed by atoms with Gasteiger partial charge in [-0.1, -0.05) is 60.6 Å². The van der Waals surface area contributed by atoms with Crippen molar-refractivity contribution in [2.45, 2.75) is 73.8 Å². The average molecular weight is 294 g/mol. The zero-order valence-electron chi connectivity index (χ0n) is 15.8. The molecule has 1 nitrogen and oxygen atoms in total. The molecule has 0 spiro atoms. The van der Waals surface area contributed by atoms with E-state index >= 15 is 0 Å². The Kier molecular flexibility index (Phi) is 6.97. The minimum atomic E-state index is 0.340. The monoisotopic (exact) mass is 293 g/mol. The highest BCUT2D eigenvalue weighted by Gasteiger charge is 2.40. The Labute approximate surface area is 134 Å². The average Bonchev–Trinajstić information content (AvgIpc) is 2.42. The Morgan fingerprint density at radius 3 is 2.24 bits per heavy atom. The normalized spacial score (nSPS) is 29.2. The van der Waals surface area contributed by atoms with E-state index in [-0.39, 0.29) is 0 Å². The second-order valence-corrected chi connectivity index (χ2v) is 8.38. The van der Waals surface area contributed by atoms with Crippen LogP contribution >= 0.6 is 0 Å². The standard InChI is InChI=1S/C20H39N/c1-9-20(8,18(7)16(4)5)21-13-17(6)12-19(14-21)11-10-15(2)3/h10-11,15-19H,9,12-14H2,1-8H3/b11-10+. The van der Waals surface area contributed by atoms with Crippen LogP contribution < -0.4 is 0 Å². The van der Waals surface area contributed by atoms with Crippen LogP contribution in [0.5, 0.6) is 0 Å². The quantitative estimate of drug-likeness (QED) is 0.575. The zero-order chi connectivity index (χ0) is 16.2. The molecule has 0 amide bonds. The predicted molar refractivity (Wildman–Crippen MR) is 95.5 cm³/mol. The molecule has 1 rings (SSSR count). The molecule has 1 heterocycles. The highest BCUT2D eigenvalue weighted by atomic mass is 15.2. The summed E-state index contributed by atoms with van der Waals surface area (Å²) in [7, 11) is 0. The lowest BCUT2D eigenvalue weighted by molar-refractivity contribution is -0.0103. The van der Waals surface area contributed by atoms with Crippen molar-refractivity contribution in [3.63, 3.8) is 0 Å². The lowest BCUT2D eigenvalue weighted by Gasteiger charge is -2.51. The minimum Gasteiger partial charge on any atom is -0.297 e. The van der Waals surface area contributed by atoms with Crippen molar-refractivity contribution in [3.8, 4) is 0 Å². The summed E-state index contributed by atoms with van der Waals surface area (Å²) in [5.74, 6) is 3.70. The van der Waals surface area contributed by atoms with Gasteiger partial charge in [-0.2, -0.15) is 0 Å². The molecule has 0 bridgehead atoms. The molecule has 0 saturated carbocycles. The van der Waals surface area contributed by atoms with E-state index in [0.29, 0.717) is 11.5 Å². The summed E-state index contributed by atoms with van der Waals surface area (Å²) in [4.78, 5) is 2.81. The first-order valence-corrected chi connectivity index (χ1v) is 9.14. The Balaban J connectivity index is 2.88. The van der Waals surface area contributed by atoms with Gasteiger partial charge < -0.3 is 0 Å². The van der Waals surface area contributed by atoms with Crippen molar-refractivity contribution in [3.05, 3.63) is 12.2 Å². The van der Waals surface area contributed by atoms with E-state index in [0.717, 1.165) is 23.7 Å². The number of likely N-dealkylation sites (tertiary alicyclic amines) is 1. The summed E-state index contributed by atoms with van der Waals surface area (Å²) in [5.41, 5.74) is 0.340. The van der Waals surface area contributed by atoms with Crippen LogP contribution in [0.1, 0.15) is 68.2 Å². The van der Waals surface area contributed by atoms with Gasteiger partial charge in [0.2, 0.25) is 0 Å². The van der Waals surface area contributed by atoms with E-state index in [1.165, 1.54) is 25.9 Å². The number of nitrogens with zero attached hydrogens (tertiary/aromatic N) is 1. The third-order valence-electron chi connectivity index (χ3n) is 5.88. The smallest absolute Gasteiger partial charge is 0.0207 e. The topological polar surface area (TPSA) is 3.24 Å². The van der Waals surface area contributed by atoms with Gasteiger partial charge in [0.15, 0.2) is 0 Å². The van der Waals surface area contributed by atoms with Crippen LogP contribution in [0.4, 0.5) is 0 Å². The summed E-state index contributed by atoms with van der Waals surface area (Å²) in [6.07, 6.45) is 7.49. The van der Waals surface area contributed by atoms with Crippen LogP contribution in [0.3, 0.4) is 0 Å². The minimum absolute atomic E-state index is 0.340. The van der Waals surface area contributed by atoms with Gasteiger partial charge in [-0.25, -0.2) is 0 Å². The summed E-state index contributed by atoms with van der Waals surface area (Å²) in [6.45, 7) is 21.6. The molecule has 0 aromatic heterocycles. The van der Waals surface area contributed by atoms with Crippen molar-refractivity contribution in [2.24, 2.45) is 29.6 Å². The van der Waals surface area contributed by atoms with Crippen molar-refractivity contribution in [1.82, 2.24) is 4.90 Å². The van der Waals surface area contributed by atoms with Crippen molar-refractivity contribution in [1.29, 1.82) is 0 Å². The Morgan fingerprint density at radius 1 is 1.14 bits per heavy atom. The maximum absolute atomic E-state index is 2.81. The van der Waals surface area contributed by atoms with Crippen LogP contribution in [0.2, 0.25) is 0 Å². The summed E-state index contributed by atoms with van der Waals surface area (Å²) >= 11 is 0. The molecule has 0 aliphatic carbocycles. The fourth-order valence-corrected chi connectivity index (χ4v) is 3.89. The van der Waals surface area contributed by atoms with Gasteiger partial charge in [-0.15, -0.1) is 0 Å². The van der Waals surface area contributed by atoms with Crippen LogP contribution in [0.15, 0.2) is 12.2 Å². The van der Waals surface area contributed by atoms with E-state index in [4.69, 9.17) is 0 Å². The molecule has 0 radical (unpaired) electrons. The van der Waals surface area contributed by atoms with Crippen LogP contribution in [-0.4, -0.2) is 23.5 Å². The van der Waals surface area contributed by atoms with Gasteiger partial charge in [0.1, 0.15) is 0 Å². The summed E-state index contributed by atoms with van der Waals surface area (Å²) < 4.78 is 0. The van der Waals surface area contributed by atoms with E-state index in [2.05, 4.69) is 72.4 Å². The lowest BCUT2D eigenvalue weighted by atomic mass is 9.74. The van der Waals surface area contributed by atoms with Crippen molar-refractivity contribution >= 4 is 0 Å². The lowest BCUT2D eigenvalue weighted by Crippen LogP contribution is -2.56. The van der Waals surface area contributed by atoms with Gasteiger partial charge in [-0.05, 0) is 49.4 Å². The van der Waals surface area contributed by atoms with Gasteiger partial charge in [0.05, 0.1) is 0 Å². The summed E-state index contributed by atoms with van der Waals surface area (Å²) in [5, 5.41) is 0. The van der Waals surface area contributed by atoms with Gasteiger partial charge in [0, 0.05) is 18.6 Å². The fraction of sp³-hybridized carbons (Fsp3) is 0.900. The van der Waals surface area contributed by atoms with Crippen LogP contribution in [0.25, 0.3) is 0 Å². The van der Waals surface area contributed by atoms with E-state index in [1.807, 2.05) is 0 Å². The van der Waals surface area contributed by atoms with Crippen LogP contribution in [-0.2, 0) is 0 Å². The Hall–Kier alpha value is -0.300. The zero-order valence-corrected chi connectivity index (χ0v) is 15.8. The number of allylic oxidation sites excluding steroid dienone is 1. The van der Waals surface area contributed by atoms with Gasteiger partial charge >= 0.3 is 0 Å². The third kappa shape index (κ3) is 4.84. The number of piperidine rings is 1. The van der Waals surface area contributed by atoms with Gasteiger partial charge in [0.25, 0.3) is 0 Å². The first kappa shape index (κ1) is 18.7. The maximum Gasteiger partial charge on any atom is 0.0207 e. The molecule has 1 heteroatoms. The number of rotatable bonds is 6. The van der Waals surface area contributed by atoms with E-state index < -0.39 is 0 Å². The Bertz CT molecular complexity index is 331. The molecule has 1 fully saturated rings. The highest BCUT2D eigenvalue weighted by Crippen LogP contribution is 2.37. The molecule has 1 saturated heterocycles. The Morgan fingerprint density at radius 2 is 1.76 bits per heavy atom. The SMILES string of the molecule is CCC(C)(C(C)C(C)C)N1CC(C)CC(/C=C/C(C)C)C1. The number of hydrogen-bond donors (Lipinski definition) is 0. The second kappa shape index (κ2) is 7.81. The largest absolute Gasteiger partial charge is 0.297 e. The van der Waals surface area contributed by atoms with Crippen molar-refractivity contribution < 1.29 is 0 Å². The first-order chi connectivity index (χ1) is 9.70. The molecule has 0 N–H and O–H groups in total. The third-order valence-corrected chi connectivity index (χ3v) is 5.88. The van der Waals surface area contributed by atoms with Crippen molar-refractivity contribution in [2.75, 3.05) is 13.1 Å². The second-order valence-electron chi connectivity index (χ2n) is 8.38. The first-order valence-electron chi connectivity index (χ1n) is 9.14. The molecular weight excluding hydrogens is 254 g/mol. The van der Waals surface area contributed by atoms with E-state index in [9.17, 15) is 0 Å². The summed E-state index contributed by atoms with van der Waals surface area (Å²) in [6, 6.07) is 0. The van der Waals surface area contributed by atoms with E-state index in [1.54, 1.807) is 0 Å². The van der Waals surface area contributed by atoms with Gasteiger partial charge in [-0.3, -0.25) is 4.90 Å². The highest BCUT2D eigenvalue weighted by molar-refractivity contribution is 5.00. The molecular formula is C20H39N. The molecule has 1 aliphatic heterocycles. The van der Waals surface area contributed by atoms with Crippen LogP contribution in [0, 0.1) is 29.6 Å². The predicted octanol–water partition coefficient (Wildman–Crippen LogP) is 5.62. The molecule has 21 heavy (non-hydrogen) atoms. The number of hydrogen-bond acceptors (Lipinski definition) is 1. The molecule has 0 aromatic rings. The molecule has 124 valence electrons. The maximum atomic E-state index is 2.81. The fourth-order valence-electron chi connectivity index (χ4n) is 3.89. The molecule has 4 atom stereocenters. The molecule has 0 aromatic carbocycles. The molecule has 1 aliphatic rings.